The third-order valence-corrected chi connectivity index (χ3v) is 10.5. The number of benzene rings is 7. The van der Waals surface area contributed by atoms with Gasteiger partial charge in [-0.15, -0.1) is 0 Å². The summed E-state index contributed by atoms with van der Waals surface area (Å²) < 4.78 is 88.7. The number of alkyl halides is 6. The predicted octanol–water partition coefficient (Wildman–Crippen LogP) is 13.7. The molecule has 0 saturated heterocycles. The number of hydrogen-bond donors (Lipinski definition) is 0. The normalized spacial score (nSPS) is 11.7. The summed E-state index contributed by atoms with van der Waals surface area (Å²) in [6.07, 6.45) is -9.46. The van der Waals surface area contributed by atoms with E-state index in [1.165, 1.54) is 24.3 Å². The first-order valence-electron chi connectivity index (χ1n) is 18.8. The molecule has 0 bridgehead atoms. The lowest BCUT2D eigenvalue weighted by Gasteiger charge is -2.22. The quantitative estimate of drug-likeness (QED) is 0.157. The fourth-order valence-corrected chi connectivity index (χ4v) is 7.66. The average Bonchev–Trinajstić information content (AvgIpc) is 3.60. The minimum absolute atomic E-state index is 0.123. The molecule has 0 fully saturated rings. The molecule has 7 aromatic carbocycles. The molecule has 0 aliphatic rings. The third-order valence-electron chi connectivity index (χ3n) is 10.5. The summed E-state index contributed by atoms with van der Waals surface area (Å²) in [6.45, 7) is 0. The van der Waals surface area contributed by atoms with E-state index in [-0.39, 0.29) is 27.9 Å². The van der Waals surface area contributed by atoms with E-state index in [0.717, 1.165) is 29.8 Å². The third kappa shape index (κ3) is 7.23. The summed E-state index contributed by atoms with van der Waals surface area (Å²) in [4.78, 5) is 9.86. The van der Waals surface area contributed by atoms with E-state index in [0.29, 0.717) is 61.3 Å². The van der Waals surface area contributed by atoms with Crippen LogP contribution in [0.4, 0.5) is 26.3 Å². The van der Waals surface area contributed by atoms with Crippen LogP contribution in [0.2, 0.25) is 0 Å². The van der Waals surface area contributed by atoms with Gasteiger partial charge >= 0.3 is 12.4 Å². The molecule has 11 heteroatoms. The molecule has 294 valence electrons. The van der Waals surface area contributed by atoms with Gasteiger partial charge in [-0.1, -0.05) is 84.9 Å². The van der Waals surface area contributed by atoms with Crippen molar-refractivity contribution in [3.8, 4) is 74.0 Å². The molecule has 0 N–H and O–H groups in total. The van der Waals surface area contributed by atoms with Crippen LogP contribution in [-0.4, -0.2) is 14.5 Å². The van der Waals surface area contributed by atoms with Crippen molar-refractivity contribution in [3.63, 3.8) is 0 Å². The van der Waals surface area contributed by atoms with Gasteiger partial charge < -0.3 is 4.57 Å². The summed E-state index contributed by atoms with van der Waals surface area (Å²) in [5.74, 6) is 0.353. The zero-order chi connectivity index (χ0) is 42.5. The van der Waals surface area contributed by atoms with Gasteiger partial charge in [-0.05, 0) is 90.0 Å². The summed E-state index contributed by atoms with van der Waals surface area (Å²) in [5.41, 5.74) is 3.49. The summed E-state index contributed by atoms with van der Waals surface area (Å²) in [5, 5.41) is 20.9. The van der Waals surface area contributed by atoms with Crippen molar-refractivity contribution in [2.24, 2.45) is 0 Å². The Balaban J connectivity index is 1.46. The molecule has 0 atom stereocenters. The number of fused-ring (bicyclic) bond motifs is 3. The fraction of sp³-hybridized carbons (Fsp3) is 0.0400. The minimum Gasteiger partial charge on any atom is -0.308 e. The number of nitrogens with zero attached hydrogens (tertiary/aromatic N) is 5. The molecule has 9 aromatic rings. The van der Waals surface area contributed by atoms with Crippen LogP contribution in [0, 0.1) is 22.7 Å². The molecule has 61 heavy (non-hydrogen) atoms. The number of rotatable bonds is 6. The van der Waals surface area contributed by atoms with Crippen LogP contribution < -0.4 is 0 Å². The Morgan fingerprint density at radius 2 is 0.869 bits per heavy atom. The van der Waals surface area contributed by atoms with Crippen molar-refractivity contribution < 1.29 is 26.3 Å². The molecule has 2 heterocycles. The summed E-state index contributed by atoms with van der Waals surface area (Å²) in [6, 6.07) is 47.3. The highest BCUT2D eigenvalue weighted by Crippen LogP contribution is 2.46. The molecule has 2 aromatic heterocycles. The van der Waals surface area contributed by atoms with Gasteiger partial charge in [-0.2, -0.15) is 36.9 Å². The van der Waals surface area contributed by atoms with E-state index in [2.05, 4.69) is 12.1 Å². The SMILES string of the molecule is N#Cc1ccc2c(c1)c1cc(C#N)ccc1n2-c1c(-c2cccc(C(F)(F)F)c2)cc(-c2cc(-c3ccccc3)nc(-c3ccccc3)n2)cc1-c1cccc(C(F)(F)F)c1. The number of hydrogen-bond acceptors (Lipinski definition) is 4. The van der Waals surface area contributed by atoms with Gasteiger partial charge in [-0.25, -0.2) is 9.97 Å². The topological polar surface area (TPSA) is 78.3 Å². The molecule has 5 nitrogen and oxygen atoms in total. The van der Waals surface area contributed by atoms with Crippen molar-refractivity contribution in [1.29, 1.82) is 10.5 Å². The number of halogens is 6. The van der Waals surface area contributed by atoms with Gasteiger partial charge in [0.05, 0.1) is 62.5 Å². The fourth-order valence-electron chi connectivity index (χ4n) is 7.66. The highest BCUT2D eigenvalue weighted by Gasteiger charge is 2.33. The predicted molar refractivity (Wildman–Crippen MR) is 223 cm³/mol. The molecular formula is C50H27F6N5. The van der Waals surface area contributed by atoms with Gasteiger partial charge in [0.15, 0.2) is 5.82 Å². The van der Waals surface area contributed by atoms with Crippen LogP contribution >= 0.6 is 0 Å². The average molecular weight is 812 g/mol. The Hall–Kier alpha value is -8.02. The summed E-state index contributed by atoms with van der Waals surface area (Å²) in [7, 11) is 0. The van der Waals surface area contributed by atoms with Crippen molar-refractivity contribution in [3.05, 3.63) is 186 Å². The zero-order valence-electron chi connectivity index (χ0n) is 31.6. The molecule has 0 aliphatic heterocycles. The maximum absolute atomic E-state index is 14.5. The van der Waals surface area contributed by atoms with Crippen LogP contribution in [0.15, 0.2) is 164 Å². The maximum atomic E-state index is 14.5. The van der Waals surface area contributed by atoms with E-state index in [1.807, 2.05) is 60.7 Å². The van der Waals surface area contributed by atoms with Crippen LogP contribution in [0.5, 0.6) is 0 Å². The Bertz CT molecular complexity index is 3040. The van der Waals surface area contributed by atoms with Gasteiger partial charge in [0.1, 0.15) is 0 Å². The summed E-state index contributed by atoms with van der Waals surface area (Å²) >= 11 is 0. The second-order valence-electron chi connectivity index (χ2n) is 14.3. The monoisotopic (exact) mass is 811 g/mol. The van der Waals surface area contributed by atoms with Crippen LogP contribution in [0.25, 0.3) is 83.6 Å². The van der Waals surface area contributed by atoms with Crippen molar-refractivity contribution in [2.75, 3.05) is 0 Å². The highest BCUT2D eigenvalue weighted by atomic mass is 19.4. The highest BCUT2D eigenvalue weighted by molar-refractivity contribution is 6.11. The van der Waals surface area contributed by atoms with Crippen LogP contribution in [0.1, 0.15) is 22.3 Å². The van der Waals surface area contributed by atoms with Crippen LogP contribution in [-0.2, 0) is 12.4 Å². The Morgan fingerprint density at radius 1 is 0.426 bits per heavy atom. The lowest BCUT2D eigenvalue weighted by molar-refractivity contribution is -0.138. The van der Waals surface area contributed by atoms with E-state index in [9.17, 15) is 36.9 Å². The Kier molecular flexibility index (Phi) is 9.45. The maximum Gasteiger partial charge on any atom is 0.416 e. The second-order valence-corrected chi connectivity index (χ2v) is 14.3. The van der Waals surface area contributed by atoms with Crippen molar-refractivity contribution in [2.45, 2.75) is 12.4 Å². The van der Waals surface area contributed by atoms with E-state index < -0.39 is 23.5 Å². The van der Waals surface area contributed by atoms with Gasteiger partial charge in [0.25, 0.3) is 0 Å². The molecule has 0 unspecified atom stereocenters. The van der Waals surface area contributed by atoms with E-state index in [1.54, 1.807) is 59.2 Å². The molecule has 0 aliphatic carbocycles. The van der Waals surface area contributed by atoms with Crippen LogP contribution in [0.3, 0.4) is 0 Å². The number of nitriles is 2. The second kappa shape index (κ2) is 15.0. The molecule has 0 amide bonds. The minimum atomic E-state index is -4.73. The van der Waals surface area contributed by atoms with Crippen molar-refractivity contribution in [1.82, 2.24) is 14.5 Å². The van der Waals surface area contributed by atoms with Crippen molar-refractivity contribution >= 4 is 21.8 Å². The lowest BCUT2D eigenvalue weighted by Crippen LogP contribution is -2.07. The first kappa shape index (κ1) is 38.5. The van der Waals surface area contributed by atoms with Gasteiger partial charge in [0.2, 0.25) is 0 Å². The van der Waals surface area contributed by atoms with Gasteiger partial charge in [0, 0.05) is 38.6 Å². The van der Waals surface area contributed by atoms with Gasteiger partial charge in [-0.3, -0.25) is 0 Å². The van der Waals surface area contributed by atoms with E-state index >= 15 is 0 Å². The zero-order valence-corrected chi connectivity index (χ0v) is 31.6. The smallest absolute Gasteiger partial charge is 0.308 e. The molecule has 0 saturated carbocycles. The molecular weight excluding hydrogens is 785 g/mol. The Morgan fingerprint density at radius 3 is 1.33 bits per heavy atom. The molecule has 9 rings (SSSR count). The standard InChI is InChI=1S/C50H27F6N5/c51-49(52,53)37-15-7-13-34(23-37)39-25-36(44-27-43(32-9-3-1-4-10-32)59-48(60-44)33-11-5-2-6-12-33)26-40(35-14-8-16-38(24-35)50(54,55)56)47(39)61-45-19-17-30(28-57)21-41(45)42-22-31(29-58)18-20-46(42)61/h1-27H. The molecule has 0 spiro atoms. The lowest BCUT2D eigenvalue weighted by atomic mass is 9.90. The first-order valence-corrected chi connectivity index (χ1v) is 18.8. The Labute approximate surface area is 344 Å². The molecule has 0 radical (unpaired) electrons. The first-order chi connectivity index (χ1) is 29.4. The van der Waals surface area contributed by atoms with E-state index in [4.69, 9.17) is 9.97 Å². The largest absolute Gasteiger partial charge is 0.416 e. The number of aromatic nitrogens is 3.